The lowest BCUT2D eigenvalue weighted by Crippen LogP contribution is -2.25. The third-order valence-corrected chi connectivity index (χ3v) is 4.59. The highest BCUT2D eigenvalue weighted by Gasteiger charge is 2.41. The van der Waals surface area contributed by atoms with Crippen molar-refractivity contribution < 1.29 is 23.1 Å². The van der Waals surface area contributed by atoms with Gasteiger partial charge >= 0.3 is 13.6 Å². The molecule has 6 heteroatoms. The third-order valence-electron chi connectivity index (χ3n) is 2.12. The molecule has 0 aliphatic heterocycles. The number of rotatable bonds is 9. The fourth-order valence-electron chi connectivity index (χ4n) is 1.49. The van der Waals surface area contributed by atoms with Gasteiger partial charge in [-0.25, -0.2) is 0 Å². The molecule has 0 spiro atoms. The molecule has 102 valence electrons. The van der Waals surface area contributed by atoms with Crippen LogP contribution in [0.25, 0.3) is 0 Å². The summed E-state index contributed by atoms with van der Waals surface area (Å²) >= 11 is 0. The second-order valence-electron chi connectivity index (χ2n) is 3.43. The average Bonchev–Trinajstić information content (AvgIpc) is 2.26. The van der Waals surface area contributed by atoms with Gasteiger partial charge in [0.15, 0.2) is 5.66 Å². The second kappa shape index (κ2) is 8.67. The lowest BCUT2D eigenvalue weighted by Gasteiger charge is -2.24. The van der Waals surface area contributed by atoms with Crippen LogP contribution in [0, 0.1) is 0 Å². The lowest BCUT2D eigenvalue weighted by molar-refractivity contribution is -0.143. The van der Waals surface area contributed by atoms with Gasteiger partial charge in [0.25, 0.3) is 0 Å². The molecule has 0 N–H and O–H groups in total. The van der Waals surface area contributed by atoms with E-state index in [0.29, 0.717) is 12.8 Å². The average molecular weight is 266 g/mol. The van der Waals surface area contributed by atoms with Gasteiger partial charge in [-0.05, 0) is 27.2 Å². The molecule has 0 aromatic rings. The molecule has 5 nitrogen and oxygen atoms in total. The van der Waals surface area contributed by atoms with E-state index in [1.54, 1.807) is 20.8 Å². The van der Waals surface area contributed by atoms with Crippen LogP contribution >= 0.6 is 7.60 Å². The minimum absolute atomic E-state index is 0.247. The van der Waals surface area contributed by atoms with Crippen LogP contribution in [-0.2, 0) is 23.1 Å². The summed E-state index contributed by atoms with van der Waals surface area (Å²) < 4.78 is 27.8. The van der Waals surface area contributed by atoms with Crippen molar-refractivity contribution in [2.75, 3.05) is 19.8 Å². The maximum Gasteiger partial charge on any atom is 0.344 e. The molecule has 0 saturated heterocycles. The standard InChI is InChI=1S/C11H23O5P/c1-5-9-10(11(12)14-6-2)17(13,15-7-3)16-8-4/h10H,5-9H2,1-4H3/t10-/m1/s1. The molecule has 0 heterocycles. The van der Waals surface area contributed by atoms with Gasteiger partial charge in [0.1, 0.15) is 0 Å². The topological polar surface area (TPSA) is 61.8 Å². The monoisotopic (exact) mass is 266 g/mol. The van der Waals surface area contributed by atoms with Gasteiger partial charge in [-0.3, -0.25) is 9.36 Å². The predicted octanol–water partition coefficient (Wildman–Crippen LogP) is 2.98. The normalized spacial score (nSPS) is 13.4. The van der Waals surface area contributed by atoms with E-state index >= 15 is 0 Å². The molecule has 0 aromatic heterocycles. The molecule has 0 radical (unpaired) electrons. The van der Waals surface area contributed by atoms with Crippen molar-refractivity contribution in [3.8, 4) is 0 Å². The Morgan fingerprint density at radius 3 is 1.94 bits per heavy atom. The second-order valence-corrected chi connectivity index (χ2v) is 5.65. The third kappa shape index (κ3) is 5.19. The van der Waals surface area contributed by atoms with Gasteiger partial charge in [-0.1, -0.05) is 13.3 Å². The fraction of sp³-hybridized carbons (Fsp3) is 0.909. The maximum atomic E-state index is 12.5. The summed E-state index contributed by atoms with van der Waals surface area (Å²) in [6.07, 6.45) is 1.16. The van der Waals surface area contributed by atoms with E-state index in [1.165, 1.54) is 0 Å². The number of ether oxygens (including phenoxy) is 1. The van der Waals surface area contributed by atoms with Crippen molar-refractivity contribution >= 4 is 13.6 Å². The number of hydrogen-bond acceptors (Lipinski definition) is 5. The smallest absolute Gasteiger partial charge is 0.344 e. The maximum absolute atomic E-state index is 12.5. The fourth-order valence-corrected chi connectivity index (χ4v) is 3.56. The van der Waals surface area contributed by atoms with Crippen molar-refractivity contribution in [2.24, 2.45) is 0 Å². The van der Waals surface area contributed by atoms with E-state index in [9.17, 15) is 9.36 Å². The van der Waals surface area contributed by atoms with Crippen LogP contribution in [0.5, 0.6) is 0 Å². The Morgan fingerprint density at radius 2 is 1.59 bits per heavy atom. The Balaban J connectivity index is 4.94. The molecule has 0 amide bonds. The van der Waals surface area contributed by atoms with Crippen LogP contribution < -0.4 is 0 Å². The first-order valence-corrected chi connectivity index (χ1v) is 7.72. The minimum atomic E-state index is -3.41. The zero-order valence-electron chi connectivity index (χ0n) is 11.1. The van der Waals surface area contributed by atoms with Gasteiger partial charge in [0.05, 0.1) is 19.8 Å². The van der Waals surface area contributed by atoms with Crippen molar-refractivity contribution in [1.29, 1.82) is 0 Å². The van der Waals surface area contributed by atoms with E-state index < -0.39 is 19.2 Å². The Labute approximate surface area is 103 Å². The van der Waals surface area contributed by atoms with Crippen molar-refractivity contribution in [1.82, 2.24) is 0 Å². The zero-order chi connectivity index (χ0) is 13.3. The summed E-state index contributed by atoms with van der Waals surface area (Å²) in [6, 6.07) is 0. The molecule has 0 aliphatic carbocycles. The molecule has 0 bridgehead atoms. The summed E-state index contributed by atoms with van der Waals surface area (Å²) in [5, 5.41) is 0. The van der Waals surface area contributed by atoms with Crippen LogP contribution in [0.15, 0.2) is 0 Å². The molecule has 0 fully saturated rings. The van der Waals surface area contributed by atoms with Gasteiger partial charge < -0.3 is 13.8 Å². The summed E-state index contributed by atoms with van der Waals surface area (Å²) in [5.41, 5.74) is -0.813. The van der Waals surface area contributed by atoms with Gasteiger partial charge in [-0.2, -0.15) is 0 Å². The molecule has 0 aliphatic rings. The van der Waals surface area contributed by atoms with Crippen molar-refractivity contribution in [3.05, 3.63) is 0 Å². The number of carbonyl (C=O) groups excluding carboxylic acids is 1. The molecular formula is C11H23O5P. The van der Waals surface area contributed by atoms with E-state index in [4.69, 9.17) is 13.8 Å². The summed E-state index contributed by atoms with van der Waals surface area (Å²) in [4.78, 5) is 11.8. The molecule has 0 unspecified atom stereocenters. The first kappa shape index (κ1) is 16.6. The SMILES string of the molecule is CCC[C@H](C(=O)OCC)P(=O)(OCC)OCC. The Bertz CT molecular complexity index is 257. The largest absolute Gasteiger partial charge is 0.465 e. The van der Waals surface area contributed by atoms with Crippen LogP contribution in [0.2, 0.25) is 0 Å². The number of hydrogen-bond donors (Lipinski definition) is 0. The summed E-state index contributed by atoms with van der Waals surface area (Å²) in [6.45, 7) is 7.83. The summed E-state index contributed by atoms with van der Waals surface area (Å²) in [7, 11) is -3.41. The Morgan fingerprint density at radius 1 is 1.06 bits per heavy atom. The molecule has 0 rings (SSSR count). The minimum Gasteiger partial charge on any atom is -0.465 e. The molecule has 0 saturated carbocycles. The summed E-state index contributed by atoms with van der Waals surface area (Å²) in [5.74, 6) is -0.500. The molecular weight excluding hydrogens is 243 g/mol. The van der Waals surface area contributed by atoms with Crippen molar-refractivity contribution in [3.63, 3.8) is 0 Å². The number of carbonyl (C=O) groups is 1. The van der Waals surface area contributed by atoms with Crippen LogP contribution in [-0.4, -0.2) is 31.4 Å². The van der Waals surface area contributed by atoms with Gasteiger partial charge in [0, 0.05) is 0 Å². The predicted molar refractivity (Wildman–Crippen MR) is 66.2 cm³/mol. The highest BCUT2D eigenvalue weighted by Crippen LogP contribution is 2.54. The highest BCUT2D eigenvalue weighted by molar-refractivity contribution is 7.55. The first-order chi connectivity index (χ1) is 8.05. The van der Waals surface area contributed by atoms with Crippen molar-refractivity contribution in [2.45, 2.75) is 46.2 Å². The van der Waals surface area contributed by atoms with Crippen LogP contribution in [0.3, 0.4) is 0 Å². The molecule has 0 aromatic carbocycles. The Hall–Kier alpha value is -0.380. The van der Waals surface area contributed by atoms with Gasteiger partial charge in [0.2, 0.25) is 0 Å². The van der Waals surface area contributed by atoms with Crippen LogP contribution in [0.4, 0.5) is 0 Å². The molecule has 17 heavy (non-hydrogen) atoms. The van der Waals surface area contributed by atoms with E-state index in [1.807, 2.05) is 6.92 Å². The van der Waals surface area contributed by atoms with E-state index in [0.717, 1.165) is 0 Å². The van der Waals surface area contributed by atoms with E-state index in [2.05, 4.69) is 0 Å². The lowest BCUT2D eigenvalue weighted by atomic mass is 10.2. The van der Waals surface area contributed by atoms with Gasteiger partial charge in [-0.15, -0.1) is 0 Å². The Kier molecular flexibility index (Phi) is 8.48. The van der Waals surface area contributed by atoms with E-state index in [-0.39, 0.29) is 19.8 Å². The van der Waals surface area contributed by atoms with Crippen LogP contribution in [0.1, 0.15) is 40.5 Å². The molecule has 1 atom stereocenters. The first-order valence-electron chi connectivity index (χ1n) is 6.11. The zero-order valence-corrected chi connectivity index (χ0v) is 12.0. The quantitative estimate of drug-likeness (QED) is 0.474. The number of esters is 1. The highest BCUT2D eigenvalue weighted by atomic mass is 31.2.